The van der Waals surface area contributed by atoms with E-state index in [1.165, 1.54) is 31.4 Å². The minimum Gasteiger partial charge on any atom is -0.312 e. The van der Waals surface area contributed by atoms with E-state index in [0.717, 1.165) is 31.6 Å². The van der Waals surface area contributed by atoms with Gasteiger partial charge in [-0.25, -0.2) is 0 Å². The first-order chi connectivity index (χ1) is 9.24. The van der Waals surface area contributed by atoms with Gasteiger partial charge in [0.1, 0.15) is 0 Å². The lowest BCUT2D eigenvalue weighted by molar-refractivity contribution is 0.117. The molecule has 1 aromatic carbocycles. The van der Waals surface area contributed by atoms with Gasteiger partial charge in [-0.15, -0.1) is 0 Å². The second-order valence-corrected chi connectivity index (χ2v) is 6.44. The molecule has 0 amide bonds. The first kappa shape index (κ1) is 13.1. The summed E-state index contributed by atoms with van der Waals surface area (Å²) in [6.45, 7) is 9.38. The molecule has 2 aliphatic rings. The Morgan fingerprint density at radius 3 is 3.05 bits per heavy atom. The molecule has 1 N–H and O–H groups in total. The minimum atomic E-state index is 0.744. The van der Waals surface area contributed by atoms with Gasteiger partial charge < -0.3 is 5.32 Å². The summed E-state index contributed by atoms with van der Waals surface area (Å²) in [6.07, 6.45) is 3.95. The molecule has 0 saturated carbocycles. The Hall–Kier alpha value is -0.860. The maximum absolute atomic E-state index is 3.47. The van der Waals surface area contributed by atoms with Crippen molar-refractivity contribution in [3.8, 4) is 0 Å². The fourth-order valence-electron chi connectivity index (χ4n) is 3.58. The number of hydrogen-bond acceptors (Lipinski definition) is 2. The Morgan fingerprint density at radius 2 is 2.16 bits per heavy atom. The van der Waals surface area contributed by atoms with Crippen LogP contribution in [0.1, 0.15) is 43.4 Å². The van der Waals surface area contributed by atoms with Crippen LogP contribution in [0.3, 0.4) is 0 Å². The van der Waals surface area contributed by atoms with Gasteiger partial charge in [-0.2, -0.15) is 0 Å². The number of hydrogen-bond donors (Lipinski definition) is 1. The Balaban J connectivity index is 1.79. The SMILES string of the molecule is CC1CCC(C)N(Cc2cccc3c2CCNC3)C1. The molecule has 2 unspecified atom stereocenters. The van der Waals surface area contributed by atoms with E-state index in [1.807, 2.05) is 0 Å². The fraction of sp³-hybridized carbons (Fsp3) is 0.647. The number of piperidine rings is 1. The maximum atomic E-state index is 3.47. The third kappa shape index (κ3) is 2.85. The van der Waals surface area contributed by atoms with Crippen molar-refractivity contribution in [1.82, 2.24) is 10.2 Å². The normalized spacial score (nSPS) is 28.1. The average molecular weight is 258 g/mol. The second kappa shape index (κ2) is 5.64. The molecule has 3 rings (SSSR count). The average Bonchev–Trinajstić information content (AvgIpc) is 2.43. The van der Waals surface area contributed by atoms with E-state index in [4.69, 9.17) is 0 Å². The van der Waals surface area contributed by atoms with E-state index < -0.39 is 0 Å². The predicted octanol–water partition coefficient (Wildman–Crippen LogP) is 2.95. The molecule has 1 saturated heterocycles. The highest BCUT2D eigenvalue weighted by atomic mass is 15.2. The van der Waals surface area contributed by atoms with Crippen molar-refractivity contribution in [3.05, 3.63) is 34.9 Å². The smallest absolute Gasteiger partial charge is 0.0239 e. The van der Waals surface area contributed by atoms with Crippen molar-refractivity contribution in [2.75, 3.05) is 13.1 Å². The van der Waals surface area contributed by atoms with Gasteiger partial charge in [0.15, 0.2) is 0 Å². The Bertz CT molecular complexity index is 441. The zero-order valence-corrected chi connectivity index (χ0v) is 12.3. The molecule has 2 heteroatoms. The van der Waals surface area contributed by atoms with Crippen LogP contribution < -0.4 is 5.32 Å². The van der Waals surface area contributed by atoms with Crippen LogP contribution in [0, 0.1) is 5.92 Å². The summed E-state index contributed by atoms with van der Waals surface area (Å²) in [5, 5.41) is 3.47. The second-order valence-electron chi connectivity index (χ2n) is 6.44. The lowest BCUT2D eigenvalue weighted by Crippen LogP contribution is -2.40. The van der Waals surface area contributed by atoms with Crippen LogP contribution in [-0.2, 0) is 19.5 Å². The Labute approximate surface area is 117 Å². The number of nitrogens with zero attached hydrogens (tertiary/aromatic N) is 1. The van der Waals surface area contributed by atoms with Crippen LogP contribution in [0.25, 0.3) is 0 Å². The zero-order valence-electron chi connectivity index (χ0n) is 12.3. The fourth-order valence-corrected chi connectivity index (χ4v) is 3.58. The van der Waals surface area contributed by atoms with Crippen LogP contribution >= 0.6 is 0 Å². The summed E-state index contributed by atoms with van der Waals surface area (Å²) in [5.74, 6) is 0.859. The van der Waals surface area contributed by atoms with Crippen molar-refractivity contribution in [1.29, 1.82) is 0 Å². The van der Waals surface area contributed by atoms with Gasteiger partial charge in [0.2, 0.25) is 0 Å². The van der Waals surface area contributed by atoms with Crippen LogP contribution in [0.5, 0.6) is 0 Å². The van der Waals surface area contributed by atoms with Crippen LogP contribution in [0.4, 0.5) is 0 Å². The summed E-state index contributed by atoms with van der Waals surface area (Å²) in [6, 6.07) is 7.61. The lowest BCUT2D eigenvalue weighted by atomic mass is 9.92. The highest BCUT2D eigenvalue weighted by molar-refractivity contribution is 5.37. The molecular weight excluding hydrogens is 232 g/mol. The number of nitrogens with one attached hydrogen (secondary N) is 1. The van der Waals surface area contributed by atoms with E-state index in [2.05, 4.69) is 42.3 Å². The van der Waals surface area contributed by atoms with E-state index in [0.29, 0.717) is 0 Å². The molecule has 0 bridgehead atoms. The van der Waals surface area contributed by atoms with Gasteiger partial charge in [-0.1, -0.05) is 25.1 Å². The number of benzene rings is 1. The largest absolute Gasteiger partial charge is 0.312 e. The molecule has 2 aliphatic heterocycles. The highest BCUT2D eigenvalue weighted by Crippen LogP contribution is 2.26. The number of fused-ring (bicyclic) bond motifs is 1. The maximum Gasteiger partial charge on any atom is 0.0239 e. The molecule has 0 radical (unpaired) electrons. The summed E-state index contributed by atoms with van der Waals surface area (Å²) in [4.78, 5) is 2.69. The van der Waals surface area contributed by atoms with Crippen molar-refractivity contribution in [2.45, 2.75) is 52.2 Å². The highest BCUT2D eigenvalue weighted by Gasteiger charge is 2.24. The Kier molecular flexibility index (Phi) is 3.90. The van der Waals surface area contributed by atoms with Crippen molar-refractivity contribution < 1.29 is 0 Å². The molecule has 2 nitrogen and oxygen atoms in total. The third-order valence-electron chi connectivity index (χ3n) is 4.86. The third-order valence-corrected chi connectivity index (χ3v) is 4.86. The molecule has 0 aliphatic carbocycles. The van der Waals surface area contributed by atoms with Gasteiger partial charge >= 0.3 is 0 Å². The van der Waals surface area contributed by atoms with Gasteiger partial charge in [-0.05, 0) is 55.3 Å². The Morgan fingerprint density at radius 1 is 1.26 bits per heavy atom. The lowest BCUT2D eigenvalue weighted by Gasteiger charge is -2.37. The number of rotatable bonds is 2. The summed E-state index contributed by atoms with van der Waals surface area (Å²) in [5.41, 5.74) is 4.70. The van der Waals surface area contributed by atoms with Gasteiger partial charge in [0.25, 0.3) is 0 Å². The topological polar surface area (TPSA) is 15.3 Å². The molecule has 2 atom stereocenters. The molecular formula is C17H26N2. The monoisotopic (exact) mass is 258 g/mol. The van der Waals surface area contributed by atoms with E-state index in [1.54, 1.807) is 11.1 Å². The predicted molar refractivity (Wildman–Crippen MR) is 80.1 cm³/mol. The van der Waals surface area contributed by atoms with Crippen molar-refractivity contribution >= 4 is 0 Å². The van der Waals surface area contributed by atoms with E-state index in [9.17, 15) is 0 Å². The van der Waals surface area contributed by atoms with E-state index in [-0.39, 0.29) is 0 Å². The van der Waals surface area contributed by atoms with Gasteiger partial charge in [-0.3, -0.25) is 4.90 Å². The number of likely N-dealkylation sites (tertiary alicyclic amines) is 1. The molecule has 1 aromatic rings. The molecule has 1 fully saturated rings. The molecule has 19 heavy (non-hydrogen) atoms. The van der Waals surface area contributed by atoms with Crippen LogP contribution in [0.15, 0.2) is 18.2 Å². The molecule has 2 heterocycles. The summed E-state index contributed by atoms with van der Waals surface area (Å²) >= 11 is 0. The van der Waals surface area contributed by atoms with Crippen molar-refractivity contribution in [2.24, 2.45) is 5.92 Å². The standard InChI is InChI=1S/C17H26N2/c1-13-6-7-14(2)19(11-13)12-16-5-3-4-15-10-18-9-8-17(15)16/h3-5,13-14,18H,6-12H2,1-2H3. The first-order valence-electron chi connectivity index (χ1n) is 7.78. The van der Waals surface area contributed by atoms with Crippen LogP contribution in [0.2, 0.25) is 0 Å². The van der Waals surface area contributed by atoms with Crippen molar-refractivity contribution in [3.63, 3.8) is 0 Å². The summed E-state index contributed by atoms with van der Waals surface area (Å²) < 4.78 is 0. The summed E-state index contributed by atoms with van der Waals surface area (Å²) in [7, 11) is 0. The molecule has 0 spiro atoms. The zero-order chi connectivity index (χ0) is 13.2. The molecule has 0 aromatic heterocycles. The minimum absolute atomic E-state index is 0.744. The molecule has 104 valence electrons. The quantitative estimate of drug-likeness (QED) is 0.877. The first-order valence-corrected chi connectivity index (χ1v) is 7.78. The van der Waals surface area contributed by atoms with Gasteiger partial charge in [0, 0.05) is 25.7 Å². The van der Waals surface area contributed by atoms with E-state index >= 15 is 0 Å². The van der Waals surface area contributed by atoms with Gasteiger partial charge in [0.05, 0.1) is 0 Å². The van der Waals surface area contributed by atoms with Crippen LogP contribution in [-0.4, -0.2) is 24.0 Å².